The Hall–Kier alpha value is -1.27. The molecule has 0 heterocycles. The maximum Gasteiger partial charge on any atom is 0.214 e. The van der Waals surface area contributed by atoms with Crippen molar-refractivity contribution in [3.8, 4) is 5.75 Å². The van der Waals surface area contributed by atoms with Gasteiger partial charge in [-0.25, -0.2) is 13.1 Å². The molecule has 0 saturated carbocycles. The van der Waals surface area contributed by atoms with Gasteiger partial charge in [-0.3, -0.25) is 0 Å². The number of sulfonamides is 1. The van der Waals surface area contributed by atoms with Gasteiger partial charge in [0, 0.05) is 18.3 Å². The predicted octanol–water partition coefficient (Wildman–Crippen LogP) is 2.25. The third-order valence-corrected chi connectivity index (χ3v) is 4.88. The average molecular weight is 314 g/mol. The fourth-order valence-corrected chi connectivity index (χ4v) is 2.45. The highest BCUT2D eigenvalue weighted by molar-refractivity contribution is 7.89. The smallest absolute Gasteiger partial charge is 0.214 e. The Morgan fingerprint density at radius 3 is 2.57 bits per heavy atom. The van der Waals surface area contributed by atoms with Gasteiger partial charge in [0.25, 0.3) is 0 Å². The van der Waals surface area contributed by atoms with Crippen LogP contribution in [0, 0.1) is 11.3 Å². The van der Waals surface area contributed by atoms with Crippen molar-refractivity contribution in [2.75, 3.05) is 24.6 Å². The minimum atomic E-state index is -3.32. The molecule has 1 rings (SSSR count). The molecule has 0 aliphatic rings. The molecule has 0 aliphatic heterocycles. The molecule has 5 nitrogen and oxygen atoms in total. The molecule has 21 heavy (non-hydrogen) atoms. The number of hydrogen-bond donors (Lipinski definition) is 2. The van der Waals surface area contributed by atoms with Gasteiger partial charge in [0.2, 0.25) is 10.0 Å². The zero-order valence-electron chi connectivity index (χ0n) is 13.2. The van der Waals surface area contributed by atoms with Gasteiger partial charge in [0.05, 0.1) is 5.75 Å². The van der Waals surface area contributed by atoms with E-state index in [0.29, 0.717) is 18.0 Å². The summed E-state index contributed by atoms with van der Waals surface area (Å²) >= 11 is 0. The van der Waals surface area contributed by atoms with Crippen molar-refractivity contribution in [3.63, 3.8) is 0 Å². The van der Waals surface area contributed by atoms with Gasteiger partial charge in [-0.15, -0.1) is 0 Å². The number of benzene rings is 1. The lowest BCUT2D eigenvalue weighted by molar-refractivity contribution is 0.262. The van der Waals surface area contributed by atoms with E-state index in [0.717, 1.165) is 0 Å². The maximum atomic E-state index is 11.9. The lowest BCUT2D eigenvalue weighted by Gasteiger charge is -2.27. The second-order valence-electron chi connectivity index (χ2n) is 6.36. The zero-order chi connectivity index (χ0) is 16.1. The van der Waals surface area contributed by atoms with Crippen molar-refractivity contribution >= 4 is 15.7 Å². The van der Waals surface area contributed by atoms with Crippen LogP contribution in [0.5, 0.6) is 5.75 Å². The van der Waals surface area contributed by atoms with E-state index < -0.39 is 10.0 Å². The van der Waals surface area contributed by atoms with Crippen LogP contribution in [0.15, 0.2) is 24.3 Å². The van der Waals surface area contributed by atoms with Crippen molar-refractivity contribution < 1.29 is 13.2 Å². The predicted molar refractivity (Wildman–Crippen MR) is 86.8 cm³/mol. The van der Waals surface area contributed by atoms with Crippen molar-refractivity contribution in [1.29, 1.82) is 0 Å². The molecule has 1 aromatic rings. The minimum Gasteiger partial charge on any atom is -0.492 e. The minimum absolute atomic E-state index is 0.0700. The van der Waals surface area contributed by atoms with Crippen LogP contribution in [0.3, 0.4) is 0 Å². The van der Waals surface area contributed by atoms with Crippen LogP contribution < -0.4 is 15.2 Å². The van der Waals surface area contributed by atoms with E-state index in [-0.39, 0.29) is 23.7 Å². The number of rotatable bonds is 7. The van der Waals surface area contributed by atoms with Crippen molar-refractivity contribution in [1.82, 2.24) is 4.72 Å². The summed E-state index contributed by atoms with van der Waals surface area (Å²) in [5.41, 5.74) is 6.29. The Morgan fingerprint density at radius 1 is 1.33 bits per heavy atom. The maximum absolute atomic E-state index is 11.9. The quantitative estimate of drug-likeness (QED) is 0.756. The third-order valence-electron chi connectivity index (χ3n) is 3.57. The Bertz CT molecular complexity index is 550. The Kier molecular flexibility index (Phi) is 6.04. The molecule has 0 spiro atoms. The number of nitrogens with one attached hydrogen (secondary N) is 1. The van der Waals surface area contributed by atoms with E-state index in [1.165, 1.54) is 0 Å². The number of anilines is 1. The topological polar surface area (TPSA) is 81.4 Å². The third kappa shape index (κ3) is 6.82. The highest BCUT2D eigenvalue weighted by Gasteiger charge is 2.21. The standard InChI is InChI=1S/C15H26N2O3S/c1-12(15(2,3)4)11-17-21(18,19)9-8-20-14-7-5-6-13(16)10-14/h5-7,10,12,17H,8-9,11,16H2,1-4H3. The highest BCUT2D eigenvalue weighted by atomic mass is 32.2. The summed E-state index contributed by atoms with van der Waals surface area (Å²) in [6, 6.07) is 6.93. The lowest BCUT2D eigenvalue weighted by atomic mass is 9.82. The molecule has 6 heteroatoms. The fourth-order valence-electron chi connectivity index (χ4n) is 1.50. The molecule has 0 bridgehead atoms. The first-order chi connectivity index (χ1) is 9.60. The molecule has 0 saturated heterocycles. The van der Waals surface area contributed by atoms with E-state index in [1.54, 1.807) is 24.3 Å². The van der Waals surface area contributed by atoms with Crippen LogP contribution in [0.2, 0.25) is 0 Å². The summed E-state index contributed by atoms with van der Waals surface area (Å²) in [5, 5.41) is 0. The van der Waals surface area contributed by atoms with Gasteiger partial charge in [-0.2, -0.15) is 0 Å². The first-order valence-electron chi connectivity index (χ1n) is 7.06. The largest absolute Gasteiger partial charge is 0.492 e. The summed E-state index contributed by atoms with van der Waals surface area (Å²) in [5.74, 6) is 0.758. The van der Waals surface area contributed by atoms with E-state index in [9.17, 15) is 8.42 Å². The molecule has 0 aromatic heterocycles. The first kappa shape index (κ1) is 17.8. The molecule has 0 fully saturated rings. The molecular weight excluding hydrogens is 288 g/mol. The van der Waals surface area contributed by atoms with Crippen LogP contribution in [-0.4, -0.2) is 27.3 Å². The van der Waals surface area contributed by atoms with Crippen LogP contribution in [0.4, 0.5) is 5.69 Å². The van der Waals surface area contributed by atoms with Crippen LogP contribution in [0.1, 0.15) is 27.7 Å². The Labute approximate surface area is 127 Å². The van der Waals surface area contributed by atoms with Gasteiger partial charge >= 0.3 is 0 Å². The molecule has 0 aliphatic carbocycles. The van der Waals surface area contributed by atoms with E-state index in [4.69, 9.17) is 10.5 Å². The van der Waals surface area contributed by atoms with Crippen molar-refractivity contribution in [2.45, 2.75) is 27.7 Å². The first-order valence-corrected chi connectivity index (χ1v) is 8.71. The normalized spacial score (nSPS) is 13.9. The number of ether oxygens (including phenoxy) is 1. The Balaban J connectivity index is 2.40. The van der Waals surface area contributed by atoms with Gasteiger partial charge in [0.15, 0.2) is 0 Å². The molecular formula is C15H26N2O3S. The molecule has 120 valence electrons. The fraction of sp³-hybridized carbons (Fsp3) is 0.600. The van der Waals surface area contributed by atoms with Crippen LogP contribution in [0.25, 0.3) is 0 Å². The van der Waals surface area contributed by atoms with Crippen molar-refractivity contribution in [2.24, 2.45) is 11.3 Å². The van der Waals surface area contributed by atoms with Gasteiger partial charge in [-0.05, 0) is 23.5 Å². The van der Waals surface area contributed by atoms with E-state index in [2.05, 4.69) is 25.5 Å². The van der Waals surface area contributed by atoms with Gasteiger partial charge < -0.3 is 10.5 Å². The summed E-state index contributed by atoms with van der Waals surface area (Å²) in [6.45, 7) is 8.84. The lowest BCUT2D eigenvalue weighted by Crippen LogP contribution is -2.36. The van der Waals surface area contributed by atoms with Crippen LogP contribution >= 0.6 is 0 Å². The van der Waals surface area contributed by atoms with Gasteiger partial charge in [-0.1, -0.05) is 33.8 Å². The Morgan fingerprint density at radius 2 is 2.00 bits per heavy atom. The highest BCUT2D eigenvalue weighted by Crippen LogP contribution is 2.24. The molecule has 1 aromatic carbocycles. The molecule has 1 atom stereocenters. The zero-order valence-corrected chi connectivity index (χ0v) is 14.0. The monoisotopic (exact) mass is 314 g/mol. The summed E-state index contributed by atoms with van der Waals surface area (Å²) in [7, 11) is -3.32. The summed E-state index contributed by atoms with van der Waals surface area (Å²) in [4.78, 5) is 0. The second-order valence-corrected chi connectivity index (χ2v) is 8.28. The number of nitrogens with two attached hydrogens (primary N) is 1. The van der Waals surface area contributed by atoms with Gasteiger partial charge in [0.1, 0.15) is 12.4 Å². The number of nitrogen functional groups attached to an aromatic ring is 1. The molecule has 0 radical (unpaired) electrons. The molecule has 0 amide bonds. The SMILES string of the molecule is CC(CNS(=O)(=O)CCOc1cccc(N)c1)C(C)(C)C. The summed E-state index contributed by atoms with van der Waals surface area (Å²) in [6.07, 6.45) is 0. The van der Waals surface area contributed by atoms with E-state index >= 15 is 0 Å². The van der Waals surface area contributed by atoms with E-state index in [1.807, 2.05) is 6.92 Å². The summed E-state index contributed by atoms with van der Waals surface area (Å²) < 4.78 is 31.8. The molecule has 3 N–H and O–H groups in total. The second kappa shape index (κ2) is 7.13. The molecule has 1 unspecified atom stereocenters. The number of hydrogen-bond acceptors (Lipinski definition) is 4. The average Bonchev–Trinajstić information content (AvgIpc) is 2.35. The van der Waals surface area contributed by atoms with Crippen molar-refractivity contribution in [3.05, 3.63) is 24.3 Å². The van der Waals surface area contributed by atoms with Crippen LogP contribution in [-0.2, 0) is 10.0 Å².